The van der Waals surface area contributed by atoms with Crippen molar-refractivity contribution in [3.8, 4) is 22.3 Å². The van der Waals surface area contributed by atoms with Gasteiger partial charge in [-0.3, -0.25) is 19.2 Å². The summed E-state index contributed by atoms with van der Waals surface area (Å²) in [7, 11) is 2.66. The summed E-state index contributed by atoms with van der Waals surface area (Å²) in [6, 6.07) is 16.0. The van der Waals surface area contributed by atoms with Crippen LogP contribution in [0.4, 0.5) is 0 Å². The summed E-state index contributed by atoms with van der Waals surface area (Å²) in [5, 5.41) is 0.809. The molecule has 31 heavy (non-hydrogen) atoms. The van der Waals surface area contributed by atoms with Crippen LogP contribution in [0.3, 0.4) is 0 Å². The maximum absolute atomic E-state index is 12.6. The van der Waals surface area contributed by atoms with E-state index in [1.807, 2.05) is 18.2 Å². The van der Waals surface area contributed by atoms with E-state index >= 15 is 0 Å². The van der Waals surface area contributed by atoms with E-state index in [1.54, 1.807) is 36.4 Å². The van der Waals surface area contributed by atoms with Crippen LogP contribution in [0.1, 0.15) is 69.1 Å². The van der Waals surface area contributed by atoms with Gasteiger partial charge in [0.2, 0.25) is 0 Å². The van der Waals surface area contributed by atoms with Crippen molar-refractivity contribution in [1.29, 1.82) is 0 Å². The minimum absolute atomic E-state index is 0.196. The van der Waals surface area contributed by atoms with E-state index < -0.39 is 0 Å². The molecule has 3 aromatic carbocycles. The van der Waals surface area contributed by atoms with E-state index in [9.17, 15) is 19.2 Å². The molecule has 1 atom stereocenters. The smallest absolute Gasteiger partial charge is 0.161 e. The zero-order valence-electron chi connectivity index (χ0n) is 17.9. The second-order valence-electron chi connectivity index (χ2n) is 7.45. The Labute approximate surface area is 183 Å². The van der Waals surface area contributed by atoms with Crippen LogP contribution in [0.2, 0.25) is 0 Å². The number of benzene rings is 3. The second kappa shape index (κ2) is 8.87. The number of rotatable bonds is 6. The van der Waals surface area contributed by atoms with Gasteiger partial charge in [0.15, 0.2) is 23.1 Å². The minimum Gasteiger partial charge on any atom is -0.294 e. The topological polar surface area (TPSA) is 68.3 Å². The first kappa shape index (κ1) is 22.5. The maximum atomic E-state index is 12.6. The van der Waals surface area contributed by atoms with Crippen molar-refractivity contribution in [3.63, 3.8) is 0 Å². The van der Waals surface area contributed by atoms with Crippen molar-refractivity contribution < 1.29 is 19.2 Å². The zero-order valence-corrected chi connectivity index (χ0v) is 19.1. The molecule has 0 bridgehead atoms. The summed E-state index contributed by atoms with van der Waals surface area (Å²) < 4.78 is 0. The van der Waals surface area contributed by atoms with E-state index in [4.69, 9.17) is 0 Å². The molecule has 5 heteroatoms. The number of carbonyl (C=O) groups is 4. The van der Waals surface area contributed by atoms with E-state index in [0.717, 1.165) is 10.9 Å². The zero-order chi connectivity index (χ0) is 22.9. The van der Waals surface area contributed by atoms with Gasteiger partial charge in [-0.1, -0.05) is 54.6 Å². The molecule has 3 aromatic rings. The Morgan fingerprint density at radius 2 is 0.968 bits per heavy atom. The summed E-state index contributed by atoms with van der Waals surface area (Å²) in [6.07, 6.45) is 0. The normalized spacial score (nSPS) is 10.6. The molecular formula is C26H23O4P. The van der Waals surface area contributed by atoms with Crippen LogP contribution in [-0.4, -0.2) is 23.1 Å². The number of carbonyl (C=O) groups excluding carboxylic acids is 4. The molecule has 0 saturated carbocycles. The van der Waals surface area contributed by atoms with Crippen molar-refractivity contribution in [2.75, 3.05) is 0 Å². The molecule has 3 rings (SSSR count). The first-order valence-corrected chi connectivity index (χ1v) is 10.4. The molecule has 4 nitrogen and oxygen atoms in total. The third kappa shape index (κ3) is 4.17. The lowest BCUT2D eigenvalue weighted by atomic mass is 9.84. The highest BCUT2D eigenvalue weighted by Crippen LogP contribution is 2.37. The molecule has 0 saturated heterocycles. The predicted molar refractivity (Wildman–Crippen MR) is 127 cm³/mol. The number of hydrogen-bond donors (Lipinski definition) is 0. The van der Waals surface area contributed by atoms with Gasteiger partial charge in [0, 0.05) is 22.3 Å². The Bertz CT molecular complexity index is 1250. The third-order valence-electron chi connectivity index (χ3n) is 5.25. The first-order valence-electron chi connectivity index (χ1n) is 9.84. The van der Waals surface area contributed by atoms with Crippen molar-refractivity contribution in [2.24, 2.45) is 0 Å². The monoisotopic (exact) mass is 430 g/mol. The van der Waals surface area contributed by atoms with Crippen LogP contribution in [-0.2, 0) is 0 Å². The van der Waals surface area contributed by atoms with Crippen LogP contribution < -0.4 is 5.30 Å². The van der Waals surface area contributed by atoms with Gasteiger partial charge in [0.25, 0.3) is 0 Å². The lowest BCUT2D eigenvalue weighted by Crippen LogP contribution is -2.11. The van der Waals surface area contributed by atoms with Crippen LogP contribution in [0, 0.1) is 0 Å². The first-order chi connectivity index (χ1) is 14.6. The number of hydrogen-bond acceptors (Lipinski definition) is 4. The maximum Gasteiger partial charge on any atom is 0.161 e. The molecular weight excluding hydrogens is 407 g/mol. The third-order valence-corrected chi connectivity index (χ3v) is 5.73. The average Bonchev–Trinajstić information content (AvgIpc) is 2.72. The Balaban J connectivity index is 2.47. The van der Waals surface area contributed by atoms with E-state index in [2.05, 4.69) is 9.24 Å². The van der Waals surface area contributed by atoms with Gasteiger partial charge in [-0.2, -0.15) is 0 Å². The van der Waals surface area contributed by atoms with Gasteiger partial charge >= 0.3 is 0 Å². The fraction of sp³-hybridized carbons (Fsp3) is 0.154. The molecule has 0 heterocycles. The summed E-state index contributed by atoms with van der Waals surface area (Å²) >= 11 is 0. The standard InChI is InChI=1S/C26H23O4P/c1-14(27)18-8-5-10-20(24(18)16(3)29)21-11-7-13-23(31)26(21)22-12-6-9-19(15(2)28)25(22)17(4)30/h5-13H,31H2,1-4H3. The molecule has 0 aliphatic carbocycles. The van der Waals surface area contributed by atoms with Crippen LogP contribution in [0.15, 0.2) is 54.6 Å². The molecule has 0 fully saturated rings. The molecule has 0 aliphatic heterocycles. The van der Waals surface area contributed by atoms with Gasteiger partial charge in [0.05, 0.1) is 0 Å². The summed E-state index contributed by atoms with van der Waals surface area (Å²) in [5.74, 6) is -0.828. The van der Waals surface area contributed by atoms with Crippen LogP contribution in [0.5, 0.6) is 0 Å². The van der Waals surface area contributed by atoms with Gasteiger partial charge in [-0.05, 0) is 55.3 Å². The second-order valence-corrected chi connectivity index (χ2v) is 8.07. The molecule has 0 N–H and O–H groups in total. The fourth-order valence-electron chi connectivity index (χ4n) is 3.98. The lowest BCUT2D eigenvalue weighted by Gasteiger charge is -2.19. The molecule has 0 radical (unpaired) electrons. The van der Waals surface area contributed by atoms with Gasteiger partial charge in [0.1, 0.15) is 0 Å². The molecule has 156 valence electrons. The SMILES string of the molecule is CC(=O)c1cccc(-c2cccc(P)c2-c2cccc(C(C)=O)c2C(C)=O)c1C(C)=O. The molecule has 0 amide bonds. The Kier molecular flexibility index (Phi) is 6.42. The molecule has 0 spiro atoms. The Hall–Kier alpha value is -3.23. The van der Waals surface area contributed by atoms with Gasteiger partial charge in [-0.25, -0.2) is 0 Å². The number of ketones is 4. The van der Waals surface area contributed by atoms with Gasteiger partial charge < -0.3 is 0 Å². The van der Waals surface area contributed by atoms with Gasteiger partial charge in [-0.15, -0.1) is 9.24 Å². The van der Waals surface area contributed by atoms with E-state index in [0.29, 0.717) is 38.9 Å². The molecule has 0 aliphatic rings. The minimum atomic E-state index is -0.218. The summed E-state index contributed by atoms with van der Waals surface area (Å²) in [6.45, 7) is 5.74. The van der Waals surface area contributed by atoms with Crippen LogP contribution >= 0.6 is 9.24 Å². The van der Waals surface area contributed by atoms with Crippen molar-refractivity contribution in [1.82, 2.24) is 0 Å². The van der Waals surface area contributed by atoms with Crippen LogP contribution in [0.25, 0.3) is 22.3 Å². The summed E-state index contributed by atoms with van der Waals surface area (Å²) in [4.78, 5) is 49.6. The van der Waals surface area contributed by atoms with Crippen molar-refractivity contribution in [3.05, 3.63) is 76.9 Å². The Morgan fingerprint density at radius 1 is 0.548 bits per heavy atom. The largest absolute Gasteiger partial charge is 0.294 e. The highest BCUT2D eigenvalue weighted by Gasteiger charge is 2.23. The summed E-state index contributed by atoms with van der Waals surface area (Å²) in [5.41, 5.74) is 4.07. The van der Waals surface area contributed by atoms with Crippen molar-refractivity contribution in [2.45, 2.75) is 27.7 Å². The average molecular weight is 430 g/mol. The molecule has 1 unspecified atom stereocenters. The number of Topliss-reactive ketones (excluding diaryl/α,β-unsaturated/α-hetero) is 4. The Morgan fingerprint density at radius 3 is 1.45 bits per heavy atom. The van der Waals surface area contributed by atoms with E-state index in [1.165, 1.54) is 27.7 Å². The predicted octanol–water partition coefficient (Wildman–Crippen LogP) is 5.33. The van der Waals surface area contributed by atoms with Crippen molar-refractivity contribution >= 4 is 37.7 Å². The molecule has 0 aromatic heterocycles. The van der Waals surface area contributed by atoms with E-state index in [-0.39, 0.29) is 23.1 Å². The quantitative estimate of drug-likeness (QED) is 0.392. The fourth-order valence-corrected chi connectivity index (χ4v) is 4.40. The highest BCUT2D eigenvalue weighted by molar-refractivity contribution is 7.28. The lowest BCUT2D eigenvalue weighted by molar-refractivity contribution is 0.0981. The highest BCUT2D eigenvalue weighted by atomic mass is 31.0.